The van der Waals surface area contributed by atoms with Crippen LogP contribution >= 0.6 is 11.3 Å². The topological polar surface area (TPSA) is 29.1 Å². The lowest BCUT2D eigenvalue weighted by Gasteiger charge is -2.03. The summed E-state index contributed by atoms with van der Waals surface area (Å²) in [6.07, 6.45) is 1.31. The zero-order chi connectivity index (χ0) is 13.8. The Morgan fingerprint density at radius 1 is 1.16 bits per heavy atom. The normalized spacial score (nSPS) is 10.5. The zero-order valence-electron chi connectivity index (χ0n) is 11.6. The van der Waals surface area contributed by atoms with E-state index in [0.29, 0.717) is 6.42 Å². The van der Waals surface area contributed by atoms with Gasteiger partial charge in [0.15, 0.2) is 0 Å². The molecule has 0 spiro atoms. The molecular formula is C16H19NOS. The van der Waals surface area contributed by atoms with Crippen LogP contribution in [0, 0.1) is 20.8 Å². The monoisotopic (exact) mass is 273 g/mol. The van der Waals surface area contributed by atoms with Crippen molar-refractivity contribution < 1.29 is 4.79 Å². The highest BCUT2D eigenvalue weighted by molar-refractivity contribution is 7.16. The van der Waals surface area contributed by atoms with E-state index in [1.165, 1.54) is 21.6 Å². The molecule has 0 saturated carbocycles. The van der Waals surface area contributed by atoms with Gasteiger partial charge in [0, 0.05) is 11.3 Å². The van der Waals surface area contributed by atoms with Gasteiger partial charge >= 0.3 is 0 Å². The summed E-state index contributed by atoms with van der Waals surface area (Å²) >= 11 is 1.63. The number of thiophene rings is 1. The third-order valence-corrected chi connectivity index (χ3v) is 4.26. The van der Waals surface area contributed by atoms with E-state index >= 15 is 0 Å². The fourth-order valence-electron chi connectivity index (χ4n) is 1.85. The van der Waals surface area contributed by atoms with Crippen molar-refractivity contribution in [3.8, 4) is 0 Å². The molecule has 0 bridgehead atoms. The van der Waals surface area contributed by atoms with E-state index in [4.69, 9.17) is 0 Å². The molecule has 19 heavy (non-hydrogen) atoms. The number of amides is 1. The second kappa shape index (κ2) is 6.02. The predicted octanol–water partition coefficient (Wildman–Crippen LogP) is 4.24. The molecule has 0 aliphatic rings. The van der Waals surface area contributed by atoms with Gasteiger partial charge in [-0.1, -0.05) is 29.8 Å². The van der Waals surface area contributed by atoms with Crippen LogP contribution in [0.15, 0.2) is 30.3 Å². The Morgan fingerprint density at radius 2 is 1.84 bits per heavy atom. The first kappa shape index (κ1) is 13.8. The van der Waals surface area contributed by atoms with Crippen LogP contribution in [-0.4, -0.2) is 5.91 Å². The predicted molar refractivity (Wildman–Crippen MR) is 81.9 cm³/mol. The number of hydrogen-bond acceptors (Lipinski definition) is 2. The van der Waals surface area contributed by atoms with Gasteiger partial charge in [0.2, 0.25) is 5.91 Å². The number of benzene rings is 1. The molecule has 2 aromatic rings. The number of carbonyl (C=O) groups is 1. The number of anilines is 1. The fourth-order valence-corrected chi connectivity index (χ4v) is 2.80. The number of aryl methyl sites for hydroxylation is 4. The van der Waals surface area contributed by atoms with E-state index in [1.54, 1.807) is 11.3 Å². The summed E-state index contributed by atoms with van der Waals surface area (Å²) in [7, 11) is 0. The first-order valence-corrected chi connectivity index (χ1v) is 7.28. The van der Waals surface area contributed by atoms with Crippen LogP contribution in [0.2, 0.25) is 0 Å². The van der Waals surface area contributed by atoms with Crippen molar-refractivity contribution in [2.75, 3.05) is 5.32 Å². The molecule has 2 rings (SSSR count). The summed E-state index contributed by atoms with van der Waals surface area (Å²) < 4.78 is 0. The number of rotatable bonds is 4. The summed E-state index contributed by atoms with van der Waals surface area (Å²) in [4.78, 5) is 13.1. The van der Waals surface area contributed by atoms with Crippen molar-refractivity contribution in [2.24, 2.45) is 0 Å². The Bertz CT molecular complexity index is 549. The third kappa shape index (κ3) is 3.93. The summed E-state index contributed by atoms with van der Waals surface area (Å²) in [5.74, 6) is 0.0850. The molecule has 1 amide bonds. The van der Waals surface area contributed by atoms with E-state index in [0.717, 1.165) is 11.4 Å². The quantitative estimate of drug-likeness (QED) is 0.886. The van der Waals surface area contributed by atoms with E-state index in [9.17, 15) is 4.79 Å². The molecule has 0 aliphatic carbocycles. The lowest BCUT2D eigenvalue weighted by atomic mass is 10.1. The third-order valence-electron chi connectivity index (χ3n) is 3.19. The van der Waals surface area contributed by atoms with Gasteiger partial charge in [-0.15, -0.1) is 11.3 Å². The van der Waals surface area contributed by atoms with Gasteiger partial charge < -0.3 is 5.32 Å². The van der Waals surface area contributed by atoms with Gasteiger partial charge in [-0.3, -0.25) is 4.79 Å². The molecule has 0 fully saturated rings. The molecule has 0 aliphatic heterocycles. The smallest absolute Gasteiger partial charge is 0.225 e. The van der Waals surface area contributed by atoms with Crippen LogP contribution in [0.1, 0.15) is 28.0 Å². The lowest BCUT2D eigenvalue weighted by Crippen LogP contribution is -2.11. The Hall–Kier alpha value is -1.61. The average molecular weight is 273 g/mol. The highest BCUT2D eigenvalue weighted by atomic mass is 32.1. The van der Waals surface area contributed by atoms with Crippen LogP contribution in [0.3, 0.4) is 0 Å². The van der Waals surface area contributed by atoms with Crippen molar-refractivity contribution in [2.45, 2.75) is 33.6 Å². The van der Waals surface area contributed by atoms with E-state index in [-0.39, 0.29) is 5.91 Å². The van der Waals surface area contributed by atoms with Crippen LogP contribution in [0.25, 0.3) is 0 Å². The van der Waals surface area contributed by atoms with Crippen LogP contribution < -0.4 is 5.32 Å². The van der Waals surface area contributed by atoms with Crippen molar-refractivity contribution in [3.63, 3.8) is 0 Å². The molecule has 0 saturated heterocycles. The maximum atomic E-state index is 11.9. The Kier molecular flexibility index (Phi) is 4.38. The summed E-state index contributed by atoms with van der Waals surface area (Å²) in [5, 5.41) is 3.91. The molecule has 100 valence electrons. The van der Waals surface area contributed by atoms with Gasteiger partial charge in [0.05, 0.1) is 5.00 Å². The summed E-state index contributed by atoms with van der Waals surface area (Å²) in [5.41, 5.74) is 3.69. The Labute approximate surface area is 118 Å². The highest BCUT2D eigenvalue weighted by Crippen LogP contribution is 2.25. The molecule has 2 nitrogen and oxygen atoms in total. The van der Waals surface area contributed by atoms with E-state index in [1.807, 2.05) is 6.07 Å². The summed E-state index contributed by atoms with van der Waals surface area (Å²) in [6, 6.07) is 10.4. The van der Waals surface area contributed by atoms with Crippen molar-refractivity contribution in [1.82, 2.24) is 0 Å². The standard InChI is InChI=1S/C16H19NOS/c1-11-4-6-14(7-5-11)8-9-15(18)17-16-10-12(2)13(3)19-16/h4-7,10H,8-9H2,1-3H3,(H,17,18). The second-order valence-electron chi connectivity index (χ2n) is 4.88. The van der Waals surface area contributed by atoms with Gasteiger partial charge in [-0.25, -0.2) is 0 Å². The van der Waals surface area contributed by atoms with Gasteiger partial charge in [0.25, 0.3) is 0 Å². The van der Waals surface area contributed by atoms with E-state index in [2.05, 4.69) is 50.4 Å². The number of hydrogen-bond donors (Lipinski definition) is 1. The number of carbonyl (C=O) groups excluding carboxylic acids is 1. The van der Waals surface area contributed by atoms with Crippen molar-refractivity contribution in [3.05, 3.63) is 51.9 Å². The molecule has 1 aromatic heterocycles. The number of nitrogens with one attached hydrogen (secondary N) is 1. The maximum absolute atomic E-state index is 11.9. The summed E-state index contributed by atoms with van der Waals surface area (Å²) in [6.45, 7) is 6.20. The molecule has 1 aromatic carbocycles. The SMILES string of the molecule is Cc1ccc(CCC(=O)Nc2cc(C)c(C)s2)cc1. The minimum absolute atomic E-state index is 0.0850. The molecule has 0 atom stereocenters. The fraction of sp³-hybridized carbons (Fsp3) is 0.312. The van der Waals surface area contributed by atoms with Crippen molar-refractivity contribution >= 4 is 22.2 Å². The Balaban J connectivity index is 1.86. The minimum Gasteiger partial charge on any atom is -0.318 e. The zero-order valence-corrected chi connectivity index (χ0v) is 12.4. The molecular weight excluding hydrogens is 254 g/mol. The largest absolute Gasteiger partial charge is 0.318 e. The second-order valence-corrected chi connectivity index (χ2v) is 6.14. The molecule has 3 heteroatoms. The Morgan fingerprint density at radius 3 is 2.42 bits per heavy atom. The van der Waals surface area contributed by atoms with Gasteiger partial charge in [-0.2, -0.15) is 0 Å². The van der Waals surface area contributed by atoms with Gasteiger partial charge in [0.1, 0.15) is 0 Å². The van der Waals surface area contributed by atoms with Crippen molar-refractivity contribution in [1.29, 1.82) is 0 Å². The maximum Gasteiger partial charge on any atom is 0.225 e. The minimum atomic E-state index is 0.0850. The molecule has 1 heterocycles. The van der Waals surface area contributed by atoms with E-state index < -0.39 is 0 Å². The lowest BCUT2D eigenvalue weighted by molar-refractivity contribution is -0.116. The van der Waals surface area contributed by atoms with Crippen LogP contribution in [-0.2, 0) is 11.2 Å². The van der Waals surface area contributed by atoms with Gasteiger partial charge in [-0.05, 0) is 44.4 Å². The van der Waals surface area contributed by atoms with Crippen LogP contribution in [0.4, 0.5) is 5.00 Å². The van der Waals surface area contributed by atoms with Crippen LogP contribution in [0.5, 0.6) is 0 Å². The molecule has 0 radical (unpaired) electrons. The average Bonchev–Trinajstić information content (AvgIpc) is 2.67. The highest BCUT2D eigenvalue weighted by Gasteiger charge is 2.06. The molecule has 0 unspecified atom stereocenters. The first-order valence-electron chi connectivity index (χ1n) is 6.47. The molecule has 1 N–H and O–H groups in total. The first-order chi connectivity index (χ1) is 9.04.